The summed E-state index contributed by atoms with van der Waals surface area (Å²) in [6.45, 7) is 0. The van der Waals surface area contributed by atoms with E-state index in [1.165, 1.54) is 14.2 Å². The van der Waals surface area contributed by atoms with Crippen molar-refractivity contribution in [3.8, 4) is 18.0 Å². The van der Waals surface area contributed by atoms with Gasteiger partial charge in [0.1, 0.15) is 6.10 Å². The molecule has 0 amide bonds. The highest BCUT2D eigenvalue weighted by molar-refractivity contribution is 5.09. The van der Waals surface area contributed by atoms with Crippen LogP contribution in [0.3, 0.4) is 0 Å². The van der Waals surface area contributed by atoms with Crippen LogP contribution in [-0.2, 0) is 0 Å². The summed E-state index contributed by atoms with van der Waals surface area (Å²) < 4.78 is 15.5. The van der Waals surface area contributed by atoms with Crippen LogP contribution in [0.1, 0.15) is 19.3 Å². The molecule has 1 aliphatic rings. The quantitative estimate of drug-likeness (QED) is 0.800. The van der Waals surface area contributed by atoms with Crippen LogP contribution < -0.4 is 19.9 Å². The van der Waals surface area contributed by atoms with Crippen molar-refractivity contribution in [2.24, 2.45) is 5.73 Å². The van der Waals surface area contributed by atoms with Gasteiger partial charge in [-0.2, -0.15) is 0 Å². The van der Waals surface area contributed by atoms with Gasteiger partial charge in [-0.25, -0.2) is 0 Å². The summed E-state index contributed by atoms with van der Waals surface area (Å²) in [6, 6.07) is 0.552. The van der Waals surface area contributed by atoms with E-state index in [9.17, 15) is 0 Å². The summed E-state index contributed by atoms with van der Waals surface area (Å²) >= 11 is 0. The maximum atomic E-state index is 5.91. The minimum absolute atomic E-state index is 0.0313. The van der Waals surface area contributed by atoms with Crippen LogP contribution in [0, 0.1) is 0 Å². The zero-order valence-corrected chi connectivity index (χ0v) is 9.92. The van der Waals surface area contributed by atoms with Crippen LogP contribution in [0.4, 0.5) is 0 Å². The molecule has 2 atom stereocenters. The van der Waals surface area contributed by atoms with E-state index < -0.39 is 0 Å². The molecular weight excluding hydrogens is 224 g/mol. The minimum atomic E-state index is -0.0492. The van der Waals surface area contributed by atoms with E-state index in [2.05, 4.69) is 15.0 Å². The molecule has 1 fully saturated rings. The zero-order chi connectivity index (χ0) is 12.3. The average molecular weight is 240 g/mol. The molecule has 1 aromatic rings. The van der Waals surface area contributed by atoms with E-state index >= 15 is 0 Å². The van der Waals surface area contributed by atoms with Gasteiger partial charge in [0, 0.05) is 6.04 Å². The van der Waals surface area contributed by atoms with E-state index in [4.69, 9.17) is 19.9 Å². The minimum Gasteiger partial charge on any atom is -0.467 e. The predicted molar refractivity (Wildman–Crippen MR) is 59.2 cm³/mol. The molecule has 1 heterocycles. The van der Waals surface area contributed by atoms with Crippen LogP contribution in [-0.4, -0.2) is 41.3 Å². The van der Waals surface area contributed by atoms with Gasteiger partial charge in [0.25, 0.3) is 0 Å². The first-order valence-electron chi connectivity index (χ1n) is 5.49. The summed E-state index contributed by atoms with van der Waals surface area (Å²) in [5, 5.41) is 0. The third-order valence-corrected chi connectivity index (χ3v) is 2.70. The second-order valence-corrected chi connectivity index (χ2v) is 3.84. The molecule has 1 aliphatic carbocycles. The highest BCUT2D eigenvalue weighted by Crippen LogP contribution is 2.23. The van der Waals surface area contributed by atoms with Gasteiger partial charge in [-0.15, -0.1) is 15.0 Å². The molecule has 2 rings (SSSR count). The first-order chi connectivity index (χ1) is 8.22. The Kier molecular flexibility index (Phi) is 3.58. The lowest BCUT2D eigenvalue weighted by Crippen LogP contribution is -2.34. The fourth-order valence-electron chi connectivity index (χ4n) is 1.79. The van der Waals surface area contributed by atoms with Crippen molar-refractivity contribution < 1.29 is 14.2 Å². The van der Waals surface area contributed by atoms with Gasteiger partial charge in [0.15, 0.2) is 0 Å². The van der Waals surface area contributed by atoms with Gasteiger partial charge < -0.3 is 19.9 Å². The van der Waals surface area contributed by atoms with Crippen LogP contribution in [0.25, 0.3) is 0 Å². The van der Waals surface area contributed by atoms with Gasteiger partial charge >= 0.3 is 18.0 Å². The molecule has 0 aromatic carbocycles. The molecule has 0 radical (unpaired) electrons. The number of nitrogens with two attached hydrogens (primary N) is 1. The maximum Gasteiger partial charge on any atom is 0.326 e. The molecule has 0 bridgehead atoms. The van der Waals surface area contributed by atoms with Crippen molar-refractivity contribution in [2.75, 3.05) is 14.2 Å². The van der Waals surface area contributed by atoms with Crippen molar-refractivity contribution in [2.45, 2.75) is 31.4 Å². The second kappa shape index (κ2) is 5.13. The predicted octanol–water partition coefficient (Wildman–Crippen LogP) is 0.147. The number of hydrogen-bond donors (Lipinski definition) is 1. The Morgan fingerprint density at radius 2 is 1.59 bits per heavy atom. The van der Waals surface area contributed by atoms with E-state index in [0.717, 1.165) is 19.3 Å². The molecule has 17 heavy (non-hydrogen) atoms. The lowest BCUT2D eigenvalue weighted by Gasteiger charge is -2.16. The molecule has 2 unspecified atom stereocenters. The maximum absolute atomic E-state index is 5.91. The Bertz CT molecular complexity index is 366. The Balaban J connectivity index is 2.14. The first kappa shape index (κ1) is 11.8. The Hall–Kier alpha value is -1.63. The number of hydrogen-bond acceptors (Lipinski definition) is 7. The molecule has 94 valence electrons. The Morgan fingerprint density at radius 3 is 2.06 bits per heavy atom. The van der Waals surface area contributed by atoms with Crippen LogP contribution in [0.15, 0.2) is 0 Å². The second-order valence-electron chi connectivity index (χ2n) is 3.84. The van der Waals surface area contributed by atoms with Gasteiger partial charge in [0.2, 0.25) is 0 Å². The molecule has 0 aliphatic heterocycles. The number of methoxy groups -OCH3 is 2. The molecule has 1 saturated carbocycles. The lowest BCUT2D eigenvalue weighted by atomic mass is 10.2. The van der Waals surface area contributed by atoms with E-state index in [1.807, 2.05) is 0 Å². The summed E-state index contributed by atoms with van der Waals surface area (Å²) in [4.78, 5) is 11.9. The summed E-state index contributed by atoms with van der Waals surface area (Å²) in [6.07, 6.45) is 2.89. The smallest absolute Gasteiger partial charge is 0.326 e. The summed E-state index contributed by atoms with van der Waals surface area (Å²) in [5.41, 5.74) is 5.91. The average Bonchev–Trinajstić information content (AvgIpc) is 2.74. The summed E-state index contributed by atoms with van der Waals surface area (Å²) in [7, 11) is 2.94. The zero-order valence-electron chi connectivity index (χ0n) is 9.92. The van der Waals surface area contributed by atoms with Crippen molar-refractivity contribution in [3.05, 3.63) is 0 Å². The monoisotopic (exact) mass is 240 g/mol. The first-order valence-corrected chi connectivity index (χ1v) is 5.49. The third-order valence-electron chi connectivity index (χ3n) is 2.70. The fourth-order valence-corrected chi connectivity index (χ4v) is 1.79. The highest BCUT2D eigenvalue weighted by Gasteiger charge is 2.27. The SMILES string of the molecule is COc1nc(OC)nc(OC2CCCC2N)n1. The van der Waals surface area contributed by atoms with Gasteiger partial charge in [-0.1, -0.05) is 0 Å². The standard InChI is InChI=1S/C10H16N4O3/c1-15-8-12-9(16-2)14-10(13-8)17-7-5-3-4-6(7)11/h6-7H,3-5,11H2,1-2H3. The van der Waals surface area contributed by atoms with Crippen LogP contribution in [0.5, 0.6) is 18.0 Å². The van der Waals surface area contributed by atoms with E-state index in [0.29, 0.717) is 0 Å². The van der Waals surface area contributed by atoms with Crippen molar-refractivity contribution in [1.82, 2.24) is 15.0 Å². The molecule has 2 N–H and O–H groups in total. The van der Waals surface area contributed by atoms with Crippen LogP contribution in [0.2, 0.25) is 0 Å². The molecular formula is C10H16N4O3. The number of aromatic nitrogens is 3. The van der Waals surface area contributed by atoms with Gasteiger partial charge in [-0.05, 0) is 19.3 Å². The molecule has 7 nitrogen and oxygen atoms in total. The largest absolute Gasteiger partial charge is 0.467 e. The van der Waals surface area contributed by atoms with Gasteiger partial charge in [0.05, 0.1) is 14.2 Å². The lowest BCUT2D eigenvalue weighted by molar-refractivity contribution is 0.169. The van der Waals surface area contributed by atoms with Crippen molar-refractivity contribution >= 4 is 0 Å². The molecule has 0 spiro atoms. The van der Waals surface area contributed by atoms with Gasteiger partial charge in [-0.3, -0.25) is 0 Å². The van der Waals surface area contributed by atoms with E-state index in [1.54, 1.807) is 0 Å². The normalized spacial score (nSPS) is 23.5. The van der Waals surface area contributed by atoms with Crippen LogP contribution >= 0.6 is 0 Å². The van der Waals surface area contributed by atoms with Crippen molar-refractivity contribution in [1.29, 1.82) is 0 Å². The summed E-state index contributed by atoms with van der Waals surface area (Å²) in [5.74, 6) is 0. The number of ether oxygens (including phenoxy) is 3. The molecule has 7 heteroatoms. The van der Waals surface area contributed by atoms with Crippen molar-refractivity contribution in [3.63, 3.8) is 0 Å². The topological polar surface area (TPSA) is 92.4 Å². The van der Waals surface area contributed by atoms with E-state index in [-0.39, 0.29) is 30.2 Å². The molecule has 0 saturated heterocycles. The number of rotatable bonds is 4. The Morgan fingerprint density at radius 1 is 1.00 bits per heavy atom. The third kappa shape index (κ3) is 2.73. The Labute approximate surface area is 99.3 Å². The highest BCUT2D eigenvalue weighted by atomic mass is 16.5. The fraction of sp³-hybridized carbons (Fsp3) is 0.700. The molecule has 1 aromatic heterocycles. The number of nitrogens with zero attached hydrogens (tertiary/aromatic N) is 3.